The highest BCUT2D eigenvalue weighted by Gasteiger charge is 2.46. The van der Waals surface area contributed by atoms with Crippen LogP contribution in [0.5, 0.6) is 0 Å². The summed E-state index contributed by atoms with van der Waals surface area (Å²) in [5, 5.41) is 7.95. The first kappa shape index (κ1) is 55.5. The van der Waals surface area contributed by atoms with Crippen LogP contribution in [0.4, 0.5) is 34.1 Å². The maximum absolute atomic E-state index is 9.65. The molecule has 0 saturated heterocycles. The van der Waals surface area contributed by atoms with Gasteiger partial charge in [0.1, 0.15) is 0 Å². The third-order valence-electron chi connectivity index (χ3n) is 23.9. The van der Waals surface area contributed by atoms with Gasteiger partial charge in [0.15, 0.2) is 11.2 Å². The lowest BCUT2D eigenvalue weighted by Gasteiger charge is -2.45. The molecule has 0 saturated carbocycles. The number of anilines is 6. The third kappa shape index (κ3) is 10.2. The number of benzene rings is 14. The average molecular weight is 1480 g/mol. The molecule has 112 heavy (non-hydrogen) atoms. The summed E-state index contributed by atoms with van der Waals surface area (Å²) in [6.45, 7) is 33.2. The fraction of sp³-hybridized carbons (Fsp3) is 0.192. The van der Waals surface area contributed by atoms with Crippen LogP contribution in [0.3, 0.4) is 0 Å². The fourth-order valence-corrected chi connectivity index (χ4v) is 19.3. The first-order chi connectivity index (χ1) is 59.1. The van der Waals surface area contributed by atoms with Crippen LogP contribution in [0, 0.1) is 0 Å². The Bertz CT molecular complexity index is 7840. The van der Waals surface area contributed by atoms with Crippen molar-refractivity contribution in [3.63, 3.8) is 0 Å². The molecule has 0 amide bonds. The van der Waals surface area contributed by atoms with Crippen LogP contribution in [0.25, 0.3) is 136 Å². The highest BCUT2D eigenvalue weighted by Crippen LogP contribution is 2.54. The Morgan fingerprint density at radius 1 is 0.286 bits per heavy atom. The lowest BCUT2D eigenvalue weighted by Crippen LogP contribution is -2.61. The second-order valence-electron chi connectivity index (χ2n) is 36.0. The average Bonchev–Trinajstić information content (AvgIpc) is 1.30. The van der Waals surface area contributed by atoms with Gasteiger partial charge in [-0.15, -0.1) is 11.3 Å². The van der Waals surface area contributed by atoms with E-state index in [1.807, 2.05) is 36.4 Å². The van der Waals surface area contributed by atoms with Crippen LogP contribution in [-0.4, -0.2) is 20.4 Å². The van der Waals surface area contributed by atoms with Crippen LogP contribution in [0.2, 0.25) is 0 Å². The maximum atomic E-state index is 9.65. The lowest BCUT2D eigenvalue weighted by molar-refractivity contribution is 0.590. The van der Waals surface area contributed by atoms with E-state index < -0.39 is 78.6 Å². The zero-order valence-electron chi connectivity index (χ0n) is 78.6. The molecule has 7 heterocycles. The minimum atomic E-state index is -0.550. The quantitative estimate of drug-likeness (QED) is 0.156. The van der Waals surface area contributed by atoms with E-state index in [0.29, 0.717) is 38.9 Å². The van der Waals surface area contributed by atoms with Crippen LogP contribution in [0.1, 0.15) is 149 Å². The highest BCUT2D eigenvalue weighted by atomic mass is 32.1. The highest BCUT2D eigenvalue weighted by molar-refractivity contribution is 7.27. The van der Waals surface area contributed by atoms with E-state index in [1.165, 1.54) is 37.6 Å². The molecule has 0 N–H and O–H groups in total. The Morgan fingerprint density at radius 3 is 1.20 bits per heavy atom. The van der Waals surface area contributed by atoms with Crippen molar-refractivity contribution in [1.82, 2.24) is 13.7 Å². The van der Waals surface area contributed by atoms with E-state index in [-0.39, 0.29) is 61.1 Å². The van der Waals surface area contributed by atoms with Gasteiger partial charge < -0.3 is 27.9 Å². The van der Waals surface area contributed by atoms with Gasteiger partial charge in [-0.1, -0.05) is 261 Å². The van der Waals surface area contributed by atoms with E-state index in [2.05, 4.69) is 274 Å². The summed E-state index contributed by atoms with van der Waals surface area (Å²) in [5.74, 6) is 0. The molecule has 0 radical (unpaired) electrons. The fourth-order valence-electron chi connectivity index (χ4n) is 18.0. The molecule has 19 aromatic rings. The maximum Gasteiger partial charge on any atom is 0.252 e. The summed E-state index contributed by atoms with van der Waals surface area (Å²) in [7, 11) is 0. The van der Waals surface area contributed by atoms with Gasteiger partial charge in [-0.2, -0.15) is 0 Å². The number of aromatic nitrogens is 3. The standard InChI is InChI=1S/C104H90BN5OS/c1-100(2,3)63-42-49-83-75(54-63)76-55-64(101(4,5)6)43-50-84(76)106(83)68-46-48-80-92(60-68)109(88-38-24-32-72-71-31-23-37-87(96(71)111-97(72)88)107-81-35-21-19-29-69(81)70-30-20-22-36-82(70)107)93-58-67(104(13,14)15)59-94-95(93)105(80)79-47-41-62(61-27-17-16-18-28-61)53-91(79)110(94)90-40-26-34-74-73-33-25-39-89(98(73)112-99(74)90)108-85-51-44-65(102(7,8)9)56-77(85)78-57-66(103(10,11)12)45-52-86(78)108/h16-60H,1-15H3/i16D,17D,18D,19D,20D,21D,22D,27D,28D,29D,30D,35D,36D. The van der Waals surface area contributed by atoms with Gasteiger partial charge in [-0.05, 0) is 198 Å². The number of para-hydroxylation sites is 4. The molecule has 8 heteroatoms. The van der Waals surface area contributed by atoms with Crippen molar-refractivity contribution in [2.24, 2.45) is 0 Å². The minimum Gasteiger partial charge on any atom is -0.452 e. The Balaban J connectivity index is 0.880. The van der Waals surface area contributed by atoms with Crippen LogP contribution in [0.15, 0.2) is 277 Å². The molecule has 21 rings (SSSR count). The van der Waals surface area contributed by atoms with E-state index >= 15 is 0 Å². The Labute approximate surface area is 677 Å². The molecule has 0 aliphatic carbocycles. The number of hydrogen-bond donors (Lipinski definition) is 0. The lowest BCUT2D eigenvalue weighted by atomic mass is 9.33. The first-order valence-corrected chi connectivity index (χ1v) is 39.7. The summed E-state index contributed by atoms with van der Waals surface area (Å²) >= 11 is 1.74. The van der Waals surface area contributed by atoms with E-state index in [9.17, 15) is 8.22 Å². The van der Waals surface area contributed by atoms with Crippen molar-refractivity contribution in [1.29, 1.82) is 0 Å². The summed E-state index contributed by atoms with van der Waals surface area (Å²) in [6.07, 6.45) is 0. The van der Waals surface area contributed by atoms with Crippen LogP contribution < -0.4 is 26.2 Å². The Morgan fingerprint density at radius 2 is 0.688 bits per heavy atom. The third-order valence-corrected chi connectivity index (χ3v) is 25.2. The van der Waals surface area contributed by atoms with Gasteiger partial charge >= 0.3 is 0 Å². The number of nitrogens with zero attached hydrogens (tertiary/aromatic N) is 5. The first-order valence-electron chi connectivity index (χ1n) is 45.3. The van der Waals surface area contributed by atoms with Gasteiger partial charge in [0, 0.05) is 82.3 Å². The van der Waals surface area contributed by atoms with Gasteiger partial charge in [-0.25, -0.2) is 0 Å². The van der Waals surface area contributed by atoms with Crippen molar-refractivity contribution < 1.29 is 22.2 Å². The molecule has 0 atom stereocenters. The number of hydrogen-bond acceptors (Lipinski definition) is 4. The summed E-state index contributed by atoms with van der Waals surface area (Å²) in [6, 6.07) is 64.2. The minimum absolute atomic E-state index is 0.0284. The molecule has 6 nitrogen and oxygen atoms in total. The van der Waals surface area contributed by atoms with Crippen molar-refractivity contribution in [2.45, 2.75) is 131 Å². The normalized spacial score (nSPS) is 15.2. The predicted octanol–water partition coefficient (Wildman–Crippen LogP) is 27.5. The molecule has 546 valence electrons. The Kier molecular flexibility index (Phi) is 11.8. The molecule has 0 spiro atoms. The molecular formula is C104H90BN5OS. The molecule has 5 aromatic heterocycles. The van der Waals surface area contributed by atoms with Gasteiger partial charge in [-0.3, -0.25) is 0 Å². The van der Waals surface area contributed by atoms with Crippen LogP contribution in [-0.2, 0) is 27.1 Å². The number of rotatable bonds is 6. The number of furan rings is 1. The number of fused-ring (bicyclic) bond motifs is 19. The zero-order chi connectivity index (χ0) is 88.0. The number of thiophene rings is 1. The zero-order valence-corrected chi connectivity index (χ0v) is 66.4. The van der Waals surface area contributed by atoms with Crippen molar-refractivity contribution in [2.75, 3.05) is 9.80 Å². The van der Waals surface area contributed by atoms with E-state index in [4.69, 9.17) is 14.0 Å². The summed E-state index contributed by atoms with van der Waals surface area (Å²) in [5.41, 5.74) is 20.0. The van der Waals surface area contributed by atoms with E-state index in [1.54, 1.807) is 17.4 Å². The van der Waals surface area contributed by atoms with Crippen LogP contribution >= 0.6 is 11.3 Å². The smallest absolute Gasteiger partial charge is 0.252 e. The predicted molar refractivity (Wildman–Crippen MR) is 483 cm³/mol. The molecule has 2 aliphatic rings. The van der Waals surface area contributed by atoms with Crippen molar-refractivity contribution in [3.05, 3.63) is 300 Å². The van der Waals surface area contributed by atoms with Gasteiger partial charge in [0.2, 0.25) is 0 Å². The second kappa shape index (κ2) is 23.9. The topological polar surface area (TPSA) is 34.4 Å². The SMILES string of the molecule is [2H]c1c([2H])c([2H])c(-c2ccc3c(c2)N(c2cccc4c2sc2c(-n5c6ccc(C(C)(C)C)cc6c6cc(C(C)(C)C)ccc65)cccc24)c2cc(C(C)(C)C)cc4c2B3c2ccc(-n3c5ccc(C(C)(C)C)cc5c5cc(C(C)(C)C)ccc53)cc2N4c2cccc3c2oc2c(-n4c5c([2H])c([2H])c([2H])c([2H])c5c5c([2H])c([2H])c([2H])c([2H])c54)cccc23)c([2H])c1[2H]. The van der Waals surface area contributed by atoms with Crippen molar-refractivity contribution in [3.8, 4) is 28.2 Å². The monoisotopic (exact) mass is 1480 g/mol. The van der Waals surface area contributed by atoms with E-state index in [0.717, 1.165) is 115 Å². The molecule has 2 aliphatic heterocycles. The molecular weight excluding hydrogens is 1380 g/mol. The summed E-state index contributed by atoms with van der Waals surface area (Å²) < 4.78 is 137. The largest absolute Gasteiger partial charge is 0.452 e. The van der Waals surface area contributed by atoms with Gasteiger partial charge in [0.25, 0.3) is 6.71 Å². The molecule has 0 unspecified atom stereocenters. The Hall–Kier alpha value is -11.8. The molecule has 14 aromatic carbocycles. The van der Waals surface area contributed by atoms with Gasteiger partial charge in [0.05, 0.1) is 83.1 Å². The summed E-state index contributed by atoms with van der Waals surface area (Å²) in [4.78, 5) is 4.72. The second-order valence-corrected chi connectivity index (χ2v) is 37.0. The molecule has 0 bridgehead atoms. The molecule has 0 fully saturated rings. The van der Waals surface area contributed by atoms with Crippen molar-refractivity contribution >= 4 is 176 Å².